The average molecular weight is 335 g/mol. The number of aliphatic carboxylic acids is 1. The number of carbonyl (C=O) groups is 2. The van der Waals surface area contributed by atoms with E-state index >= 15 is 0 Å². The lowest BCUT2D eigenvalue weighted by atomic mass is 10.0. The molecule has 0 aliphatic heterocycles. The number of ether oxygens (including phenoxy) is 1. The van der Waals surface area contributed by atoms with E-state index in [1.165, 1.54) is 11.4 Å². The lowest BCUT2D eigenvalue weighted by molar-refractivity contribution is -0.140. The molecular formula is C12H17NO6S2. The van der Waals surface area contributed by atoms with Gasteiger partial charge in [-0.1, -0.05) is 20.3 Å². The molecule has 0 aromatic carbocycles. The van der Waals surface area contributed by atoms with Gasteiger partial charge in [-0.05, 0) is 17.4 Å². The first-order valence-corrected chi connectivity index (χ1v) is 8.51. The topological polar surface area (TPSA) is 110 Å². The van der Waals surface area contributed by atoms with E-state index in [9.17, 15) is 18.0 Å². The van der Waals surface area contributed by atoms with Crippen molar-refractivity contribution < 1.29 is 27.9 Å². The maximum absolute atomic E-state index is 12.3. The molecule has 1 aromatic rings. The number of hydrogen-bond donors (Lipinski definition) is 2. The normalized spacial score (nSPS) is 14.4. The molecule has 0 aliphatic carbocycles. The fraction of sp³-hybridized carbons (Fsp3) is 0.500. The number of carbonyl (C=O) groups excluding carboxylic acids is 1. The zero-order chi connectivity index (χ0) is 16.2. The Bertz CT molecular complexity index is 621. The minimum Gasteiger partial charge on any atom is -0.480 e. The van der Waals surface area contributed by atoms with Crippen molar-refractivity contribution in [3.63, 3.8) is 0 Å². The van der Waals surface area contributed by atoms with Gasteiger partial charge in [-0.25, -0.2) is 13.2 Å². The van der Waals surface area contributed by atoms with Crippen LogP contribution in [-0.2, 0) is 19.6 Å². The summed E-state index contributed by atoms with van der Waals surface area (Å²) < 4.78 is 31.2. The summed E-state index contributed by atoms with van der Waals surface area (Å²) in [5.74, 6) is -2.43. The summed E-state index contributed by atoms with van der Waals surface area (Å²) in [5, 5.41) is 10.6. The number of sulfonamides is 1. The summed E-state index contributed by atoms with van der Waals surface area (Å²) >= 11 is 0.918. The second-order valence-electron chi connectivity index (χ2n) is 4.43. The molecule has 9 heteroatoms. The molecule has 0 amide bonds. The SMILES string of the molecule is CC[C@H](C)[C@H](NS(=O)(=O)c1ccsc1C(=O)OC)C(=O)O. The van der Waals surface area contributed by atoms with E-state index < -0.39 is 33.9 Å². The molecule has 1 aromatic heterocycles. The molecule has 2 atom stereocenters. The van der Waals surface area contributed by atoms with Crippen LogP contribution < -0.4 is 4.72 Å². The van der Waals surface area contributed by atoms with Crippen molar-refractivity contribution in [2.45, 2.75) is 31.2 Å². The predicted molar refractivity (Wildman–Crippen MR) is 76.9 cm³/mol. The van der Waals surface area contributed by atoms with Crippen LogP contribution in [-0.4, -0.2) is 38.6 Å². The van der Waals surface area contributed by atoms with Gasteiger partial charge in [-0.2, -0.15) is 4.72 Å². The van der Waals surface area contributed by atoms with Crippen LogP contribution in [0.25, 0.3) is 0 Å². The van der Waals surface area contributed by atoms with Crippen LogP contribution in [0, 0.1) is 5.92 Å². The highest BCUT2D eigenvalue weighted by molar-refractivity contribution is 7.89. The van der Waals surface area contributed by atoms with Gasteiger partial charge in [0.15, 0.2) is 0 Å². The van der Waals surface area contributed by atoms with E-state index in [2.05, 4.69) is 9.46 Å². The summed E-state index contributed by atoms with van der Waals surface area (Å²) in [4.78, 5) is 22.4. The number of esters is 1. The Morgan fingerprint density at radius 2 is 2.10 bits per heavy atom. The van der Waals surface area contributed by atoms with E-state index in [4.69, 9.17) is 5.11 Å². The molecular weight excluding hydrogens is 318 g/mol. The van der Waals surface area contributed by atoms with Crippen molar-refractivity contribution in [1.82, 2.24) is 4.72 Å². The summed E-state index contributed by atoms with van der Waals surface area (Å²) in [6.07, 6.45) is 0.493. The first-order valence-electron chi connectivity index (χ1n) is 6.15. The zero-order valence-electron chi connectivity index (χ0n) is 11.8. The van der Waals surface area contributed by atoms with Crippen LogP contribution in [0.15, 0.2) is 16.3 Å². The van der Waals surface area contributed by atoms with Crippen molar-refractivity contribution >= 4 is 33.3 Å². The van der Waals surface area contributed by atoms with Crippen molar-refractivity contribution in [3.8, 4) is 0 Å². The fourth-order valence-electron chi connectivity index (χ4n) is 1.63. The number of methoxy groups -OCH3 is 1. The van der Waals surface area contributed by atoms with Gasteiger partial charge in [0.1, 0.15) is 15.8 Å². The highest BCUT2D eigenvalue weighted by Gasteiger charge is 2.32. The third kappa shape index (κ3) is 4.02. The quantitative estimate of drug-likeness (QED) is 0.727. The number of nitrogens with one attached hydrogen (secondary N) is 1. The van der Waals surface area contributed by atoms with E-state index in [1.807, 2.05) is 0 Å². The molecule has 0 saturated heterocycles. The summed E-state index contributed by atoms with van der Waals surface area (Å²) in [6.45, 7) is 3.40. The van der Waals surface area contributed by atoms with Gasteiger partial charge in [-0.3, -0.25) is 4.79 Å². The Morgan fingerprint density at radius 3 is 2.57 bits per heavy atom. The van der Waals surface area contributed by atoms with Crippen LogP contribution in [0.3, 0.4) is 0 Å². The minimum absolute atomic E-state index is 0.0849. The minimum atomic E-state index is -4.12. The smallest absolute Gasteiger partial charge is 0.349 e. The second kappa shape index (κ2) is 7.01. The fourth-order valence-corrected chi connectivity index (χ4v) is 4.26. The number of thiophene rings is 1. The van der Waals surface area contributed by atoms with Crippen molar-refractivity contribution in [1.29, 1.82) is 0 Å². The van der Waals surface area contributed by atoms with Crippen LogP contribution in [0.4, 0.5) is 0 Å². The average Bonchev–Trinajstić information content (AvgIpc) is 2.93. The molecule has 0 spiro atoms. The molecule has 0 radical (unpaired) electrons. The highest BCUT2D eigenvalue weighted by atomic mass is 32.2. The molecule has 118 valence electrons. The van der Waals surface area contributed by atoms with Crippen LogP contribution >= 0.6 is 11.3 Å². The molecule has 0 unspecified atom stereocenters. The molecule has 1 rings (SSSR count). The highest BCUT2D eigenvalue weighted by Crippen LogP contribution is 2.23. The Kier molecular flexibility index (Phi) is 5.87. The predicted octanol–water partition coefficient (Wildman–Crippen LogP) is 1.31. The largest absolute Gasteiger partial charge is 0.480 e. The zero-order valence-corrected chi connectivity index (χ0v) is 13.5. The molecule has 0 aliphatic rings. The standard InChI is InChI=1S/C12H17NO6S2/c1-4-7(2)9(11(14)15)13-21(17,18)8-5-6-20-10(8)12(16)19-3/h5-7,9,13H,4H2,1-3H3,(H,14,15)/t7-,9-/m0/s1. The van der Waals surface area contributed by atoms with E-state index in [0.717, 1.165) is 18.4 Å². The molecule has 1 heterocycles. The van der Waals surface area contributed by atoms with Crippen molar-refractivity contribution in [3.05, 3.63) is 16.3 Å². The Hall–Kier alpha value is -1.45. The summed E-state index contributed by atoms with van der Waals surface area (Å²) in [5.41, 5.74) is 0. The van der Waals surface area contributed by atoms with Crippen LogP contribution in [0.2, 0.25) is 0 Å². The lowest BCUT2D eigenvalue weighted by Crippen LogP contribution is -2.45. The number of carboxylic acid groups (broad SMARTS) is 1. The summed E-state index contributed by atoms with van der Waals surface area (Å²) in [7, 11) is -2.98. The van der Waals surface area contributed by atoms with Crippen molar-refractivity contribution in [2.75, 3.05) is 7.11 Å². The van der Waals surface area contributed by atoms with Gasteiger partial charge in [-0.15, -0.1) is 11.3 Å². The second-order valence-corrected chi connectivity index (χ2v) is 7.03. The molecule has 21 heavy (non-hydrogen) atoms. The van der Waals surface area contributed by atoms with Crippen LogP contribution in [0.5, 0.6) is 0 Å². The van der Waals surface area contributed by atoms with E-state index in [1.54, 1.807) is 13.8 Å². The molecule has 2 N–H and O–H groups in total. The number of hydrogen-bond acceptors (Lipinski definition) is 6. The molecule has 0 fully saturated rings. The van der Waals surface area contributed by atoms with Gasteiger partial charge in [0, 0.05) is 0 Å². The Morgan fingerprint density at radius 1 is 1.48 bits per heavy atom. The molecule has 7 nitrogen and oxygen atoms in total. The first-order chi connectivity index (χ1) is 9.74. The maximum atomic E-state index is 12.3. The van der Waals surface area contributed by atoms with Gasteiger partial charge >= 0.3 is 11.9 Å². The number of rotatable bonds is 7. The van der Waals surface area contributed by atoms with Crippen LogP contribution in [0.1, 0.15) is 29.9 Å². The monoisotopic (exact) mass is 335 g/mol. The summed E-state index contributed by atoms with van der Waals surface area (Å²) in [6, 6.07) is -0.0141. The van der Waals surface area contributed by atoms with Gasteiger partial charge < -0.3 is 9.84 Å². The molecule has 0 saturated carbocycles. The number of carboxylic acids is 1. The lowest BCUT2D eigenvalue weighted by Gasteiger charge is -2.20. The third-order valence-electron chi connectivity index (χ3n) is 3.05. The van der Waals surface area contributed by atoms with E-state index in [0.29, 0.717) is 6.42 Å². The van der Waals surface area contributed by atoms with Crippen molar-refractivity contribution in [2.24, 2.45) is 5.92 Å². The third-order valence-corrected chi connectivity index (χ3v) is 5.56. The first kappa shape index (κ1) is 17.6. The Labute approximate surface area is 127 Å². The molecule has 0 bridgehead atoms. The maximum Gasteiger partial charge on any atom is 0.349 e. The van der Waals surface area contributed by atoms with Gasteiger partial charge in [0.2, 0.25) is 10.0 Å². The Balaban J connectivity index is 3.14. The van der Waals surface area contributed by atoms with Gasteiger partial charge in [0.25, 0.3) is 0 Å². The van der Waals surface area contributed by atoms with Gasteiger partial charge in [0.05, 0.1) is 7.11 Å². The van der Waals surface area contributed by atoms with E-state index in [-0.39, 0.29) is 9.77 Å².